The summed E-state index contributed by atoms with van der Waals surface area (Å²) in [6, 6.07) is 4.43. The van der Waals surface area contributed by atoms with E-state index in [1.807, 2.05) is 0 Å². The number of nitrogens with zero attached hydrogens (tertiary/aromatic N) is 3. The quantitative estimate of drug-likeness (QED) is 0.697. The van der Waals surface area contributed by atoms with E-state index in [-0.39, 0.29) is 36.3 Å². The number of aromatic nitrogens is 3. The van der Waals surface area contributed by atoms with Gasteiger partial charge in [-0.05, 0) is 30.7 Å². The van der Waals surface area contributed by atoms with E-state index in [0.717, 1.165) is 0 Å². The van der Waals surface area contributed by atoms with E-state index in [1.54, 1.807) is 13.0 Å². The lowest BCUT2D eigenvalue weighted by Crippen LogP contribution is -2.48. The third kappa shape index (κ3) is 5.53. The first-order valence-electron chi connectivity index (χ1n) is 8.36. The fraction of sp³-hybridized carbons (Fsp3) is 0.412. The van der Waals surface area contributed by atoms with E-state index in [0.29, 0.717) is 22.8 Å². The Bertz CT molecular complexity index is 898. The smallest absolute Gasteiger partial charge is 0.358 e. The molecule has 0 bridgehead atoms. The average Bonchev–Trinajstić information content (AvgIpc) is 2.65. The number of rotatable bonds is 3. The molecule has 0 aliphatic carbocycles. The monoisotopic (exact) mass is 451 g/mol. The van der Waals surface area contributed by atoms with Gasteiger partial charge in [-0.1, -0.05) is 11.6 Å². The van der Waals surface area contributed by atoms with Crippen molar-refractivity contribution in [2.45, 2.75) is 25.3 Å². The molecule has 158 valence electrons. The van der Waals surface area contributed by atoms with Crippen LogP contribution in [0.2, 0.25) is 5.15 Å². The van der Waals surface area contributed by atoms with Gasteiger partial charge in [0.25, 0.3) is 5.91 Å². The minimum atomic E-state index is -4.47. The number of carbonyl (C=O) groups excluding carboxylic acids is 1. The maximum Gasteiger partial charge on any atom is 0.415 e. The van der Waals surface area contributed by atoms with Crippen LogP contribution in [0.1, 0.15) is 28.0 Å². The number of ether oxygens (including phenoxy) is 1. The van der Waals surface area contributed by atoms with Crippen molar-refractivity contribution in [3.8, 4) is 11.4 Å². The summed E-state index contributed by atoms with van der Waals surface area (Å²) in [4.78, 5) is 24.4. The fourth-order valence-electron chi connectivity index (χ4n) is 2.81. The highest BCUT2D eigenvalue weighted by molar-refractivity contribution is 6.29. The first-order valence-corrected chi connectivity index (χ1v) is 8.73. The fourth-order valence-corrected chi connectivity index (χ4v) is 3.02. The van der Waals surface area contributed by atoms with E-state index in [1.165, 1.54) is 19.2 Å². The molecule has 2 atom stereocenters. The molecule has 2 aromatic rings. The van der Waals surface area contributed by atoms with Crippen LogP contribution in [0.3, 0.4) is 0 Å². The van der Waals surface area contributed by atoms with Gasteiger partial charge in [0.1, 0.15) is 16.7 Å². The second-order valence-electron chi connectivity index (χ2n) is 6.19. The predicted octanol–water partition coefficient (Wildman–Crippen LogP) is 2.87. The van der Waals surface area contributed by atoms with E-state index in [9.17, 15) is 18.0 Å². The first-order chi connectivity index (χ1) is 13.2. The molecule has 0 radical (unpaired) electrons. The van der Waals surface area contributed by atoms with Crippen LogP contribution in [-0.4, -0.2) is 53.3 Å². The second-order valence-corrected chi connectivity index (χ2v) is 6.57. The zero-order valence-electron chi connectivity index (χ0n) is 15.4. The molecule has 7 nitrogen and oxygen atoms in total. The van der Waals surface area contributed by atoms with Gasteiger partial charge in [-0.2, -0.15) is 13.2 Å². The summed E-state index contributed by atoms with van der Waals surface area (Å²) in [5.41, 5.74) is 1.19. The Morgan fingerprint density at radius 1 is 1.21 bits per heavy atom. The Labute approximate surface area is 175 Å². The molecule has 2 aromatic heterocycles. The number of halogens is 5. The Balaban J connectivity index is 0.00000300. The van der Waals surface area contributed by atoms with Gasteiger partial charge in [0.05, 0.1) is 17.5 Å². The Morgan fingerprint density at radius 2 is 1.90 bits per heavy atom. The summed E-state index contributed by atoms with van der Waals surface area (Å²) in [6.45, 7) is 1.49. The number of carbonyl (C=O) groups is 1. The van der Waals surface area contributed by atoms with Crippen molar-refractivity contribution in [2.75, 3.05) is 20.1 Å². The Kier molecular flexibility index (Phi) is 7.39. The number of aryl methyl sites for hydroxylation is 1. The molecule has 29 heavy (non-hydrogen) atoms. The van der Waals surface area contributed by atoms with Crippen molar-refractivity contribution in [2.24, 2.45) is 0 Å². The number of amides is 1. The van der Waals surface area contributed by atoms with Crippen LogP contribution in [0.15, 0.2) is 18.2 Å². The van der Waals surface area contributed by atoms with E-state index in [4.69, 9.17) is 16.3 Å². The van der Waals surface area contributed by atoms with Gasteiger partial charge in [0.15, 0.2) is 6.10 Å². The molecule has 1 aliphatic heterocycles. The van der Waals surface area contributed by atoms with Gasteiger partial charge >= 0.3 is 6.18 Å². The number of pyridine rings is 1. The van der Waals surface area contributed by atoms with Crippen molar-refractivity contribution in [3.63, 3.8) is 0 Å². The summed E-state index contributed by atoms with van der Waals surface area (Å²) < 4.78 is 44.2. The van der Waals surface area contributed by atoms with Crippen LogP contribution in [0, 0.1) is 6.92 Å². The Morgan fingerprint density at radius 3 is 2.55 bits per heavy atom. The van der Waals surface area contributed by atoms with Crippen LogP contribution < -0.4 is 10.6 Å². The summed E-state index contributed by atoms with van der Waals surface area (Å²) >= 11 is 6.08. The number of morpholine rings is 1. The van der Waals surface area contributed by atoms with Gasteiger partial charge in [-0.3, -0.25) is 4.79 Å². The van der Waals surface area contributed by atoms with Gasteiger partial charge in [0.2, 0.25) is 0 Å². The van der Waals surface area contributed by atoms with Crippen LogP contribution in [0.5, 0.6) is 0 Å². The van der Waals surface area contributed by atoms with Crippen LogP contribution in [0.4, 0.5) is 13.2 Å². The third-order valence-corrected chi connectivity index (χ3v) is 4.29. The highest BCUT2D eigenvalue weighted by Gasteiger charge is 2.44. The molecular weight excluding hydrogens is 434 g/mol. The molecule has 0 saturated carbocycles. The van der Waals surface area contributed by atoms with Crippen LogP contribution >= 0.6 is 24.0 Å². The molecule has 3 heterocycles. The Hall–Kier alpha value is -2.01. The summed E-state index contributed by atoms with van der Waals surface area (Å²) in [5.74, 6) is -0.0611. The lowest BCUT2D eigenvalue weighted by molar-refractivity contribution is -0.240. The normalized spacial score (nSPS) is 19.4. The minimum absolute atomic E-state index is 0. The molecular formula is C17H18Cl2F3N5O2. The number of hydrogen-bond donors (Lipinski definition) is 2. The standard InChI is InChI=1S/C17H17ClF3N5O2.ClH/c1-8-24-11(5-12(25-8)16(27)22-2)10-3-9(4-15(18)26-10)13-6-23-7-14(28-13)17(19,20)21;/h3-5,13-14,23H,6-7H2,1-2H3,(H,22,27);1H. The summed E-state index contributed by atoms with van der Waals surface area (Å²) in [5, 5.41) is 5.26. The topological polar surface area (TPSA) is 89.0 Å². The van der Waals surface area contributed by atoms with Crippen molar-refractivity contribution in [1.82, 2.24) is 25.6 Å². The maximum absolute atomic E-state index is 13.0. The molecule has 1 saturated heterocycles. The average molecular weight is 452 g/mol. The SMILES string of the molecule is CNC(=O)c1cc(-c2cc(C3CNCC(C(F)(F)F)O3)cc(Cl)n2)nc(C)n1.Cl. The number of hydrogen-bond acceptors (Lipinski definition) is 6. The number of alkyl halides is 3. The zero-order chi connectivity index (χ0) is 20.5. The largest absolute Gasteiger partial charge is 0.415 e. The maximum atomic E-state index is 13.0. The summed E-state index contributed by atoms with van der Waals surface area (Å²) in [7, 11) is 1.47. The molecule has 1 fully saturated rings. The van der Waals surface area contributed by atoms with Gasteiger partial charge < -0.3 is 15.4 Å². The molecule has 1 aliphatic rings. The predicted molar refractivity (Wildman–Crippen MR) is 102 cm³/mol. The van der Waals surface area contributed by atoms with Gasteiger partial charge in [-0.15, -0.1) is 12.4 Å². The molecule has 2 unspecified atom stereocenters. The van der Waals surface area contributed by atoms with Gasteiger partial charge in [0, 0.05) is 20.1 Å². The highest BCUT2D eigenvalue weighted by atomic mass is 35.5. The lowest BCUT2D eigenvalue weighted by atomic mass is 10.1. The van der Waals surface area contributed by atoms with E-state index >= 15 is 0 Å². The minimum Gasteiger partial charge on any atom is -0.358 e. The molecule has 0 spiro atoms. The second kappa shape index (κ2) is 9.21. The third-order valence-electron chi connectivity index (χ3n) is 4.10. The van der Waals surface area contributed by atoms with Crippen molar-refractivity contribution >= 4 is 29.9 Å². The molecule has 1 amide bonds. The zero-order valence-corrected chi connectivity index (χ0v) is 17.0. The van der Waals surface area contributed by atoms with Crippen molar-refractivity contribution in [3.05, 3.63) is 40.4 Å². The molecule has 0 aromatic carbocycles. The number of nitrogens with one attached hydrogen (secondary N) is 2. The van der Waals surface area contributed by atoms with E-state index < -0.39 is 24.3 Å². The van der Waals surface area contributed by atoms with E-state index in [2.05, 4.69) is 25.6 Å². The molecule has 12 heteroatoms. The van der Waals surface area contributed by atoms with Crippen LogP contribution in [0.25, 0.3) is 11.4 Å². The highest BCUT2D eigenvalue weighted by Crippen LogP contribution is 2.32. The summed E-state index contributed by atoms with van der Waals surface area (Å²) in [6.07, 6.45) is -7.25. The van der Waals surface area contributed by atoms with Crippen molar-refractivity contribution < 1.29 is 22.7 Å². The lowest BCUT2D eigenvalue weighted by Gasteiger charge is -2.32. The first kappa shape index (κ1) is 23.3. The molecule has 2 N–H and O–H groups in total. The van der Waals surface area contributed by atoms with Crippen molar-refractivity contribution in [1.29, 1.82) is 0 Å². The van der Waals surface area contributed by atoms with Crippen LogP contribution in [-0.2, 0) is 4.74 Å². The van der Waals surface area contributed by atoms with Gasteiger partial charge in [-0.25, -0.2) is 15.0 Å². The molecule has 3 rings (SSSR count).